The number of anilines is 1. The van der Waals surface area contributed by atoms with Crippen molar-refractivity contribution in [3.63, 3.8) is 0 Å². The molecule has 3 heteroatoms. The molecule has 2 rings (SSSR count). The smallest absolute Gasteiger partial charge is 0.134 e. The number of nitrogens with two attached hydrogens (primary N) is 1. The maximum Gasteiger partial charge on any atom is 0.134 e. The summed E-state index contributed by atoms with van der Waals surface area (Å²) in [5.74, 6) is 0.863. The molecule has 0 fully saturated rings. The lowest BCUT2D eigenvalue weighted by Gasteiger charge is -2.24. The van der Waals surface area contributed by atoms with Gasteiger partial charge in [0.2, 0.25) is 0 Å². The maximum absolute atomic E-state index is 5.88. The van der Waals surface area contributed by atoms with E-state index in [1.165, 1.54) is 5.56 Å². The van der Waals surface area contributed by atoms with E-state index in [2.05, 4.69) is 48.8 Å². The largest absolute Gasteiger partial charge is 0.488 e. The second-order valence-corrected chi connectivity index (χ2v) is 6.77. The fourth-order valence-electron chi connectivity index (χ4n) is 2.02. The summed E-state index contributed by atoms with van der Waals surface area (Å²) in [5, 5.41) is 0. The minimum atomic E-state index is 0.179. The fourth-order valence-corrected chi connectivity index (χ4v) is 2.51. The van der Waals surface area contributed by atoms with Gasteiger partial charge in [0, 0.05) is 5.69 Å². The predicted octanol–water partition coefficient (Wildman–Crippen LogP) is 5.30. The van der Waals surface area contributed by atoms with E-state index < -0.39 is 0 Å². The van der Waals surface area contributed by atoms with Crippen LogP contribution in [0.2, 0.25) is 0 Å². The maximum atomic E-state index is 5.88. The van der Waals surface area contributed by atoms with E-state index in [9.17, 15) is 0 Å². The van der Waals surface area contributed by atoms with Gasteiger partial charge in [-0.15, -0.1) is 0 Å². The first kappa shape index (κ1) is 15.9. The third-order valence-electron chi connectivity index (χ3n) is 3.97. The van der Waals surface area contributed by atoms with E-state index in [-0.39, 0.29) is 5.41 Å². The summed E-state index contributed by atoms with van der Waals surface area (Å²) in [6.07, 6.45) is 1.10. The summed E-state index contributed by atoms with van der Waals surface area (Å²) < 4.78 is 6.87. The van der Waals surface area contributed by atoms with Crippen molar-refractivity contribution >= 4 is 21.6 Å². The summed E-state index contributed by atoms with van der Waals surface area (Å²) in [7, 11) is 0. The number of benzene rings is 2. The summed E-state index contributed by atoms with van der Waals surface area (Å²) >= 11 is 3.61. The van der Waals surface area contributed by atoms with Crippen molar-refractivity contribution < 1.29 is 4.74 Å². The Labute approximate surface area is 135 Å². The lowest BCUT2D eigenvalue weighted by molar-refractivity contribution is 0.304. The number of nitrogen functional groups attached to an aromatic ring is 1. The summed E-state index contributed by atoms with van der Waals surface area (Å²) in [5.41, 5.74) is 9.05. The van der Waals surface area contributed by atoms with Crippen molar-refractivity contribution in [3.05, 3.63) is 58.1 Å². The van der Waals surface area contributed by atoms with Crippen LogP contribution in [-0.4, -0.2) is 0 Å². The number of ether oxygens (including phenoxy) is 1. The molecular formula is C18H22BrNO. The van der Waals surface area contributed by atoms with Crippen molar-refractivity contribution in [1.29, 1.82) is 0 Å². The van der Waals surface area contributed by atoms with Gasteiger partial charge in [-0.25, -0.2) is 0 Å². The second kappa shape index (κ2) is 6.52. The Balaban J connectivity index is 2.09. The molecule has 0 saturated heterocycles. The van der Waals surface area contributed by atoms with Gasteiger partial charge < -0.3 is 10.5 Å². The van der Waals surface area contributed by atoms with Crippen molar-refractivity contribution in [2.45, 2.75) is 39.2 Å². The molecule has 0 aromatic heterocycles. The zero-order valence-corrected chi connectivity index (χ0v) is 14.4. The van der Waals surface area contributed by atoms with Crippen LogP contribution in [0.25, 0.3) is 0 Å². The molecule has 2 nitrogen and oxygen atoms in total. The van der Waals surface area contributed by atoms with Gasteiger partial charge >= 0.3 is 0 Å². The van der Waals surface area contributed by atoms with Crippen LogP contribution in [0, 0.1) is 0 Å². The Morgan fingerprint density at radius 1 is 1.10 bits per heavy atom. The molecule has 0 aliphatic rings. The molecule has 0 aliphatic carbocycles. The molecular weight excluding hydrogens is 326 g/mol. The number of halogens is 1. The van der Waals surface area contributed by atoms with Crippen LogP contribution in [0.1, 0.15) is 38.3 Å². The number of hydrogen-bond acceptors (Lipinski definition) is 2. The molecule has 21 heavy (non-hydrogen) atoms. The molecule has 2 N–H and O–H groups in total. The molecule has 0 aliphatic heterocycles. The minimum absolute atomic E-state index is 0.179. The summed E-state index contributed by atoms with van der Waals surface area (Å²) in [6, 6.07) is 14.1. The minimum Gasteiger partial charge on any atom is -0.488 e. The molecule has 0 bridgehead atoms. The first-order valence-electron chi connectivity index (χ1n) is 7.19. The van der Waals surface area contributed by atoms with E-state index in [0.29, 0.717) is 6.61 Å². The Bertz CT molecular complexity index is 605. The van der Waals surface area contributed by atoms with E-state index in [0.717, 1.165) is 27.9 Å². The third kappa shape index (κ3) is 4.01. The van der Waals surface area contributed by atoms with Crippen molar-refractivity contribution in [3.8, 4) is 5.75 Å². The number of rotatable bonds is 5. The van der Waals surface area contributed by atoms with Gasteiger partial charge in [-0.05, 0) is 63.2 Å². The van der Waals surface area contributed by atoms with Crippen LogP contribution >= 0.6 is 15.9 Å². The Morgan fingerprint density at radius 3 is 2.33 bits per heavy atom. The van der Waals surface area contributed by atoms with Crippen LogP contribution in [0.15, 0.2) is 46.9 Å². The third-order valence-corrected chi connectivity index (χ3v) is 4.59. The Hall–Kier alpha value is -1.48. The lowest BCUT2D eigenvalue weighted by Crippen LogP contribution is -2.15. The van der Waals surface area contributed by atoms with Gasteiger partial charge in [-0.2, -0.15) is 0 Å². The van der Waals surface area contributed by atoms with Crippen molar-refractivity contribution in [1.82, 2.24) is 0 Å². The van der Waals surface area contributed by atoms with Crippen LogP contribution in [0.5, 0.6) is 5.75 Å². The van der Waals surface area contributed by atoms with Crippen molar-refractivity contribution in [2.75, 3.05) is 5.73 Å². The molecule has 0 amide bonds. The van der Waals surface area contributed by atoms with Crippen LogP contribution < -0.4 is 10.5 Å². The Kier molecular flexibility index (Phi) is 4.94. The summed E-state index contributed by atoms with van der Waals surface area (Å²) in [4.78, 5) is 0. The highest BCUT2D eigenvalue weighted by molar-refractivity contribution is 9.10. The zero-order chi connectivity index (χ0) is 15.5. The molecule has 0 unspecified atom stereocenters. The fraction of sp³-hybridized carbons (Fsp3) is 0.333. The Morgan fingerprint density at radius 2 is 1.76 bits per heavy atom. The quantitative estimate of drug-likeness (QED) is 0.745. The molecule has 2 aromatic rings. The monoisotopic (exact) mass is 347 g/mol. The molecule has 0 atom stereocenters. The highest BCUT2D eigenvalue weighted by atomic mass is 79.9. The van der Waals surface area contributed by atoms with Crippen LogP contribution in [0.4, 0.5) is 5.69 Å². The van der Waals surface area contributed by atoms with Gasteiger partial charge in [0.1, 0.15) is 12.4 Å². The van der Waals surface area contributed by atoms with Gasteiger partial charge in [-0.3, -0.25) is 0 Å². The first-order chi connectivity index (χ1) is 9.92. The average Bonchev–Trinajstić information content (AvgIpc) is 2.47. The molecule has 2 aromatic carbocycles. The van der Waals surface area contributed by atoms with Gasteiger partial charge in [-0.1, -0.05) is 39.0 Å². The standard InChI is InChI=1S/C18H22BrNO/c1-4-18(2,3)14-7-10-17(16(19)11-14)21-12-13-5-8-15(20)9-6-13/h5-11H,4,12,20H2,1-3H3. The highest BCUT2D eigenvalue weighted by Gasteiger charge is 2.19. The van der Waals surface area contributed by atoms with E-state index >= 15 is 0 Å². The van der Waals surface area contributed by atoms with E-state index in [4.69, 9.17) is 10.5 Å². The summed E-state index contributed by atoms with van der Waals surface area (Å²) in [6.45, 7) is 7.25. The molecule has 0 saturated carbocycles. The molecule has 0 radical (unpaired) electrons. The first-order valence-corrected chi connectivity index (χ1v) is 7.99. The predicted molar refractivity (Wildman–Crippen MR) is 92.6 cm³/mol. The average molecular weight is 348 g/mol. The van der Waals surface area contributed by atoms with Gasteiger partial charge in [0.15, 0.2) is 0 Å². The highest BCUT2D eigenvalue weighted by Crippen LogP contribution is 2.33. The van der Waals surface area contributed by atoms with Crippen molar-refractivity contribution in [2.24, 2.45) is 0 Å². The van der Waals surface area contributed by atoms with Crippen LogP contribution in [0.3, 0.4) is 0 Å². The second-order valence-electron chi connectivity index (χ2n) is 5.91. The SMILES string of the molecule is CCC(C)(C)c1ccc(OCc2ccc(N)cc2)c(Br)c1. The molecule has 112 valence electrons. The topological polar surface area (TPSA) is 35.2 Å². The molecule has 0 heterocycles. The van der Waals surface area contributed by atoms with E-state index in [1.54, 1.807) is 0 Å². The van der Waals surface area contributed by atoms with E-state index in [1.807, 2.05) is 30.3 Å². The zero-order valence-electron chi connectivity index (χ0n) is 12.8. The lowest BCUT2D eigenvalue weighted by atomic mass is 9.82. The normalized spacial score (nSPS) is 11.4. The van der Waals surface area contributed by atoms with Crippen LogP contribution in [-0.2, 0) is 12.0 Å². The molecule has 0 spiro atoms. The van der Waals surface area contributed by atoms with Gasteiger partial charge in [0.05, 0.1) is 4.47 Å². The van der Waals surface area contributed by atoms with Gasteiger partial charge in [0.25, 0.3) is 0 Å². The number of hydrogen-bond donors (Lipinski definition) is 1.